The van der Waals surface area contributed by atoms with Crippen molar-refractivity contribution in [1.29, 1.82) is 0 Å². The minimum Gasteiger partial charge on any atom is -0.462 e. The summed E-state index contributed by atoms with van der Waals surface area (Å²) in [5.74, 6) is 0.0585. The SMILES string of the molecule is C=C(C)C(=O)OCCCCNC(=O)OCC(CCCCCCCCCS)OC(=O)NCCCCOC(=O)C(=C)C. The largest absolute Gasteiger partial charge is 0.462 e. The normalized spacial score (nSPS) is 11.2. The minimum atomic E-state index is -0.596. The lowest BCUT2D eigenvalue weighted by molar-refractivity contribution is -0.139. The fraction of sp³-hybridized carbons (Fsp3) is 0.724. The van der Waals surface area contributed by atoms with Crippen molar-refractivity contribution in [1.82, 2.24) is 10.6 Å². The summed E-state index contributed by atoms with van der Waals surface area (Å²) in [6, 6.07) is 0. The molecule has 10 nitrogen and oxygen atoms in total. The summed E-state index contributed by atoms with van der Waals surface area (Å²) in [5, 5.41) is 5.34. The monoisotopic (exact) mass is 586 g/mol. The van der Waals surface area contributed by atoms with E-state index in [4.69, 9.17) is 18.9 Å². The minimum absolute atomic E-state index is 0.0473. The molecule has 0 aromatic heterocycles. The number of unbranched alkanes of at least 4 members (excludes halogenated alkanes) is 8. The Morgan fingerprint density at radius 2 is 1.12 bits per heavy atom. The Labute approximate surface area is 245 Å². The average molecular weight is 587 g/mol. The van der Waals surface area contributed by atoms with Gasteiger partial charge >= 0.3 is 24.1 Å². The van der Waals surface area contributed by atoms with Gasteiger partial charge in [0.15, 0.2) is 0 Å². The van der Waals surface area contributed by atoms with Crippen LogP contribution in [0, 0.1) is 0 Å². The zero-order valence-electron chi connectivity index (χ0n) is 24.4. The third-order valence-electron chi connectivity index (χ3n) is 5.70. The third kappa shape index (κ3) is 23.2. The Balaban J connectivity index is 4.34. The number of carbonyl (C=O) groups excluding carboxylic acids is 4. The van der Waals surface area contributed by atoms with E-state index in [2.05, 4.69) is 36.4 Å². The molecule has 0 aliphatic carbocycles. The van der Waals surface area contributed by atoms with Crippen LogP contribution < -0.4 is 10.6 Å². The van der Waals surface area contributed by atoms with Gasteiger partial charge in [0.05, 0.1) is 13.2 Å². The van der Waals surface area contributed by atoms with Crippen molar-refractivity contribution in [3.8, 4) is 0 Å². The predicted octanol–water partition coefficient (Wildman–Crippen LogP) is 5.66. The molecule has 1 atom stereocenters. The first kappa shape index (κ1) is 37.3. The first-order valence-electron chi connectivity index (χ1n) is 14.3. The van der Waals surface area contributed by atoms with E-state index in [1.54, 1.807) is 13.8 Å². The number of amides is 2. The van der Waals surface area contributed by atoms with Crippen molar-refractivity contribution in [3.05, 3.63) is 24.3 Å². The third-order valence-corrected chi connectivity index (χ3v) is 6.02. The van der Waals surface area contributed by atoms with Crippen LogP contribution in [0.3, 0.4) is 0 Å². The summed E-state index contributed by atoms with van der Waals surface area (Å²) in [7, 11) is 0. The van der Waals surface area contributed by atoms with Gasteiger partial charge in [-0.15, -0.1) is 0 Å². The fourth-order valence-corrected chi connectivity index (χ4v) is 3.59. The molecule has 2 N–H and O–H groups in total. The topological polar surface area (TPSA) is 129 Å². The number of carbonyl (C=O) groups is 4. The Hall–Kier alpha value is -2.69. The van der Waals surface area contributed by atoms with Crippen molar-refractivity contribution < 1.29 is 38.1 Å². The van der Waals surface area contributed by atoms with Gasteiger partial charge in [-0.2, -0.15) is 12.6 Å². The summed E-state index contributed by atoms with van der Waals surface area (Å²) in [6.07, 6.45) is 8.90. The number of thiol groups is 1. The molecule has 0 saturated heterocycles. The van der Waals surface area contributed by atoms with E-state index in [-0.39, 0.29) is 19.8 Å². The molecule has 0 fully saturated rings. The van der Waals surface area contributed by atoms with Gasteiger partial charge in [0.1, 0.15) is 12.7 Å². The van der Waals surface area contributed by atoms with Crippen LogP contribution in [0.4, 0.5) is 9.59 Å². The Morgan fingerprint density at radius 1 is 0.650 bits per heavy atom. The Kier molecular flexibility index (Phi) is 23.6. The van der Waals surface area contributed by atoms with E-state index in [0.29, 0.717) is 56.3 Å². The molecule has 2 amide bonds. The second kappa shape index (κ2) is 25.3. The molecule has 0 rings (SSSR count). The summed E-state index contributed by atoms with van der Waals surface area (Å²) in [4.78, 5) is 47.1. The molecule has 230 valence electrons. The molecule has 0 radical (unpaired) electrons. The first-order chi connectivity index (χ1) is 19.2. The Bertz CT molecular complexity index is 775. The Morgan fingerprint density at radius 3 is 1.62 bits per heavy atom. The highest BCUT2D eigenvalue weighted by molar-refractivity contribution is 7.80. The molecule has 0 aromatic carbocycles. The summed E-state index contributed by atoms with van der Waals surface area (Å²) in [6.45, 7) is 11.4. The van der Waals surface area contributed by atoms with Gasteiger partial charge in [0, 0.05) is 24.2 Å². The van der Waals surface area contributed by atoms with E-state index in [0.717, 1.165) is 37.9 Å². The summed E-state index contributed by atoms with van der Waals surface area (Å²) in [5.41, 5.74) is 0.691. The molecule has 0 aliphatic rings. The van der Waals surface area contributed by atoms with Gasteiger partial charge in [-0.3, -0.25) is 0 Å². The zero-order chi connectivity index (χ0) is 30.0. The van der Waals surface area contributed by atoms with E-state index in [9.17, 15) is 19.2 Å². The number of hydrogen-bond donors (Lipinski definition) is 3. The maximum atomic E-state index is 12.3. The van der Waals surface area contributed by atoms with Crippen LogP contribution in [0.1, 0.15) is 90.9 Å². The molecule has 11 heteroatoms. The van der Waals surface area contributed by atoms with Crippen LogP contribution in [0.25, 0.3) is 0 Å². The summed E-state index contributed by atoms with van der Waals surface area (Å²) < 4.78 is 20.8. The van der Waals surface area contributed by atoms with Gasteiger partial charge in [0.2, 0.25) is 0 Å². The number of ether oxygens (including phenoxy) is 4. The maximum absolute atomic E-state index is 12.3. The molecule has 1 unspecified atom stereocenters. The molecular weight excluding hydrogens is 536 g/mol. The van der Waals surface area contributed by atoms with Crippen LogP contribution >= 0.6 is 12.6 Å². The molecule has 40 heavy (non-hydrogen) atoms. The highest BCUT2D eigenvalue weighted by atomic mass is 32.1. The van der Waals surface area contributed by atoms with Crippen LogP contribution in [0.2, 0.25) is 0 Å². The lowest BCUT2D eigenvalue weighted by Crippen LogP contribution is -2.34. The fourth-order valence-electron chi connectivity index (χ4n) is 3.37. The predicted molar refractivity (Wildman–Crippen MR) is 158 cm³/mol. The van der Waals surface area contributed by atoms with Crippen molar-refractivity contribution >= 4 is 36.8 Å². The highest BCUT2D eigenvalue weighted by Gasteiger charge is 2.17. The smallest absolute Gasteiger partial charge is 0.407 e. The maximum Gasteiger partial charge on any atom is 0.407 e. The second-order valence-electron chi connectivity index (χ2n) is 9.71. The van der Waals surface area contributed by atoms with Gasteiger partial charge in [-0.05, 0) is 64.5 Å². The molecule has 0 aromatic rings. The van der Waals surface area contributed by atoms with Crippen molar-refractivity contribution in [2.75, 3.05) is 38.7 Å². The number of esters is 2. The zero-order valence-corrected chi connectivity index (χ0v) is 25.3. The van der Waals surface area contributed by atoms with Gasteiger partial charge in [-0.1, -0.05) is 45.3 Å². The van der Waals surface area contributed by atoms with Gasteiger partial charge in [0.25, 0.3) is 0 Å². The van der Waals surface area contributed by atoms with Crippen molar-refractivity contribution in [2.24, 2.45) is 0 Å². The molecule has 0 heterocycles. The lowest BCUT2D eigenvalue weighted by atomic mass is 10.1. The van der Waals surface area contributed by atoms with Crippen LogP contribution in [-0.4, -0.2) is 68.9 Å². The number of rotatable bonds is 24. The van der Waals surface area contributed by atoms with E-state index < -0.39 is 30.2 Å². The number of nitrogens with one attached hydrogen (secondary N) is 2. The van der Waals surface area contributed by atoms with E-state index in [1.807, 2.05) is 0 Å². The van der Waals surface area contributed by atoms with E-state index in [1.165, 1.54) is 12.8 Å². The number of alkyl carbamates (subject to hydrolysis) is 2. The second-order valence-corrected chi connectivity index (χ2v) is 10.2. The van der Waals surface area contributed by atoms with Crippen LogP contribution in [0.15, 0.2) is 24.3 Å². The first-order valence-corrected chi connectivity index (χ1v) is 14.9. The van der Waals surface area contributed by atoms with Crippen molar-refractivity contribution in [3.63, 3.8) is 0 Å². The molecular formula is C29H50N2O8S. The van der Waals surface area contributed by atoms with Crippen LogP contribution in [0.5, 0.6) is 0 Å². The molecule has 0 aliphatic heterocycles. The highest BCUT2D eigenvalue weighted by Crippen LogP contribution is 2.12. The molecule has 0 spiro atoms. The van der Waals surface area contributed by atoms with Gasteiger partial charge in [-0.25, -0.2) is 19.2 Å². The standard InChI is InChI=1S/C29H50N2O8S/c1-23(2)26(32)36-19-13-11-17-30-28(34)38-22-25(16-10-8-6-5-7-9-15-21-40)39-29(35)31-18-12-14-20-37-27(33)24(3)4/h25,40H,1,3,5-22H2,2,4H3,(H,30,34)(H,31,35). The summed E-state index contributed by atoms with van der Waals surface area (Å²) >= 11 is 4.23. The molecule has 0 saturated carbocycles. The average Bonchev–Trinajstić information content (AvgIpc) is 2.91. The van der Waals surface area contributed by atoms with E-state index >= 15 is 0 Å². The van der Waals surface area contributed by atoms with Crippen molar-refractivity contribution in [2.45, 2.75) is 97.0 Å². The van der Waals surface area contributed by atoms with Crippen LogP contribution in [-0.2, 0) is 28.5 Å². The quantitative estimate of drug-likeness (QED) is 0.0435. The number of hydrogen-bond acceptors (Lipinski definition) is 9. The van der Waals surface area contributed by atoms with Gasteiger partial charge < -0.3 is 29.6 Å². The molecule has 0 bridgehead atoms. The lowest BCUT2D eigenvalue weighted by Gasteiger charge is -2.18.